The summed E-state index contributed by atoms with van der Waals surface area (Å²) in [4.78, 5) is 11.4. The Labute approximate surface area is 90.0 Å². The summed E-state index contributed by atoms with van der Waals surface area (Å²) in [6.45, 7) is 0. The van der Waals surface area contributed by atoms with Crippen LogP contribution in [0.3, 0.4) is 0 Å². The molecule has 0 bridgehead atoms. The van der Waals surface area contributed by atoms with Crippen molar-refractivity contribution in [3.05, 3.63) is 27.7 Å². The van der Waals surface area contributed by atoms with E-state index in [1.165, 1.54) is 19.2 Å². The largest absolute Gasteiger partial charge is 0.307 e. The first-order valence-corrected chi connectivity index (χ1v) is 6.39. The third kappa shape index (κ3) is 1.69. The first-order valence-electron chi connectivity index (χ1n) is 4.09. The van der Waals surface area contributed by atoms with Gasteiger partial charge in [-0.2, -0.15) is 0 Å². The molecule has 2 rings (SSSR count). The number of hydrogen-bond acceptors (Lipinski definition) is 4. The van der Waals surface area contributed by atoms with Crippen LogP contribution in [-0.4, -0.2) is 19.8 Å². The molecule has 80 valence electrons. The molecule has 15 heavy (non-hydrogen) atoms. The van der Waals surface area contributed by atoms with E-state index in [1.807, 2.05) is 0 Å². The summed E-state index contributed by atoms with van der Waals surface area (Å²) in [5, 5.41) is 0.399. The van der Waals surface area contributed by atoms with Crippen LogP contribution in [0, 0.1) is 0 Å². The average molecular weight is 244 g/mol. The predicted octanol–water partition coefficient (Wildman–Crippen LogP) is 0.498. The van der Waals surface area contributed by atoms with Gasteiger partial charge in [0.1, 0.15) is 0 Å². The van der Waals surface area contributed by atoms with E-state index in [2.05, 4.69) is 9.10 Å². The number of sulfonamides is 1. The molecule has 2 N–H and O–H groups in total. The Bertz CT molecular complexity index is 654. The summed E-state index contributed by atoms with van der Waals surface area (Å²) in [6.07, 6.45) is 0. The molecule has 0 unspecified atom stereocenters. The van der Waals surface area contributed by atoms with Crippen molar-refractivity contribution in [3.8, 4) is 0 Å². The maximum Gasteiger partial charge on any atom is 0.257 e. The summed E-state index contributed by atoms with van der Waals surface area (Å²) >= 11 is 0.949. The van der Waals surface area contributed by atoms with Crippen molar-refractivity contribution in [2.45, 2.75) is 4.90 Å². The molecule has 5 nitrogen and oxygen atoms in total. The highest BCUT2D eigenvalue weighted by atomic mass is 32.2. The molecule has 0 aliphatic carbocycles. The normalized spacial score (nSPS) is 12.1. The third-order valence-electron chi connectivity index (χ3n) is 2.04. The Balaban J connectivity index is 2.76. The molecule has 0 radical (unpaired) electrons. The molecule has 0 atom stereocenters. The van der Waals surface area contributed by atoms with E-state index in [0.717, 1.165) is 11.5 Å². The number of benzene rings is 1. The molecule has 0 saturated carbocycles. The lowest BCUT2D eigenvalue weighted by Gasteiger charge is -2.01. The minimum atomic E-state index is -3.48. The van der Waals surface area contributed by atoms with Gasteiger partial charge in [-0.1, -0.05) is 0 Å². The van der Waals surface area contributed by atoms with Crippen molar-refractivity contribution in [3.63, 3.8) is 0 Å². The molecular weight excluding hydrogens is 236 g/mol. The predicted molar refractivity (Wildman–Crippen MR) is 58.7 cm³/mol. The van der Waals surface area contributed by atoms with Crippen molar-refractivity contribution < 1.29 is 8.42 Å². The smallest absolute Gasteiger partial charge is 0.257 e. The van der Waals surface area contributed by atoms with Gasteiger partial charge in [-0.15, -0.1) is 0 Å². The van der Waals surface area contributed by atoms with Gasteiger partial charge >= 0.3 is 0 Å². The molecule has 0 fully saturated rings. The highest BCUT2D eigenvalue weighted by Crippen LogP contribution is 2.15. The minimum Gasteiger partial charge on any atom is -0.307 e. The quantitative estimate of drug-likeness (QED) is 0.807. The number of H-pyrrole nitrogens is 1. The van der Waals surface area contributed by atoms with Gasteiger partial charge in [0.2, 0.25) is 10.0 Å². The van der Waals surface area contributed by atoms with Crippen LogP contribution >= 0.6 is 11.5 Å². The molecule has 1 aromatic carbocycles. The van der Waals surface area contributed by atoms with Crippen LogP contribution in [-0.2, 0) is 10.0 Å². The van der Waals surface area contributed by atoms with Crippen molar-refractivity contribution in [1.82, 2.24) is 9.10 Å². The summed E-state index contributed by atoms with van der Waals surface area (Å²) in [7, 11) is -2.15. The Morgan fingerprint density at radius 3 is 2.80 bits per heavy atom. The zero-order chi connectivity index (χ0) is 11.1. The second kappa shape index (κ2) is 3.44. The number of fused-ring (bicyclic) bond motifs is 1. The molecule has 0 amide bonds. The van der Waals surface area contributed by atoms with Crippen molar-refractivity contribution in [2.75, 3.05) is 7.05 Å². The molecule has 1 heterocycles. The van der Waals surface area contributed by atoms with Gasteiger partial charge < -0.3 is 4.37 Å². The second-order valence-corrected chi connectivity index (χ2v) is 5.57. The maximum absolute atomic E-state index is 11.5. The van der Waals surface area contributed by atoms with Crippen LogP contribution < -0.4 is 9.46 Å². The van der Waals surface area contributed by atoms with Crippen LogP contribution in [0.5, 0.6) is 0 Å². The van der Waals surface area contributed by atoms with Gasteiger partial charge in [-0.25, -0.2) is 13.1 Å². The van der Waals surface area contributed by atoms with Gasteiger partial charge in [0.05, 0.1) is 15.8 Å². The van der Waals surface area contributed by atoms with E-state index < -0.39 is 10.0 Å². The first-order chi connectivity index (χ1) is 7.04. The lowest BCUT2D eigenvalue weighted by molar-refractivity contribution is 0.588. The summed E-state index contributed by atoms with van der Waals surface area (Å²) in [5.74, 6) is 0. The molecular formula is C8H8N2O3S2. The van der Waals surface area contributed by atoms with E-state index in [-0.39, 0.29) is 9.64 Å². The number of rotatable bonds is 2. The van der Waals surface area contributed by atoms with Gasteiger partial charge in [0.25, 0.3) is 4.74 Å². The van der Waals surface area contributed by atoms with E-state index in [9.17, 15) is 13.2 Å². The number of aromatic amines is 1. The van der Waals surface area contributed by atoms with Gasteiger partial charge in [-0.05, 0) is 36.8 Å². The van der Waals surface area contributed by atoms with Crippen LogP contribution in [0.25, 0.3) is 10.9 Å². The van der Waals surface area contributed by atoms with E-state index in [4.69, 9.17) is 0 Å². The first kappa shape index (κ1) is 10.3. The fourth-order valence-electron chi connectivity index (χ4n) is 1.22. The standard InChI is InChI=1S/C8H8N2O3S2/c1-9-15(12,13)5-2-3-7-6(4-5)8(11)14-10-7/h2-4,9-10H,1H3. The number of nitrogens with one attached hydrogen (secondary N) is 2. The third-order valence-corrected chi connectivity index (χ3v) is 4.18. The highest BCUT2D eigenvalue weighted by Gasteiger charge is 2.13. The highest BCUT2D eigenvalue weighted by molar-refractivity contribution is 7.89. The molecule has 0 aliphatic heterocycles. The zero-order valence-corrected chi connectivity index (χ0v) is 9.41. The van der Waals surface area contributed by atoms with Crippen LogP contribution in [0.1, 0.15) is 0 Å². The Kier molecular flexibility index (Phi) is 2.37. The fourth-order valence-corrected chi connectivity index (χ4v) is 2.64. The van der Waals surface area contributed by atoms with E-state index in [1.54, 1.807) is 6.07 Å². The summed E-state index contributed by atoms with van der Waals surface area (Å²) < 4.78 is 27.7. The number of hydrogen-bond donors (Lipinski definition) is 2. The Morgan fingerprint density at radius 2 is 2.13 bits per heavy atom. The molecule has 0 aliphatic rings. The second-order valence-electron chi connectivity index (χ2n) is 2.91. The van der Waals surface area contributed by atoms with Gasteiger partial charge in [-0.3, -0.25) is 4.79 Å². The SMILES string of the molecule is CNS(=O)(=O)c1ccc2[nH]sc(=O)c2c1. The molecule has 2 aromatic rings. The van der Waals surface area contributed by atoms with Crippen LogP contribution in [0.15, 0.2) is 27.9 Å². The lowest BCUT2D eigenvalue weighted by atomic mass is 10.3. The Morgan fingerprint density at radius 1 is 1.40 bits per heavy atom. The monoisotopic (exact) mass is 244 g/mol. The molecule has 1 aromatic heterocycles. The van der Waals surface area contributed by atoms with E-state index >= 15 is 0 Å². The van der Waals surface area contributed by atoms with Gasteiger partial charge in [0, 0.05) is 0 Å². The maximum atomic E-state index is 11.5. The minimum absolute atomic E-state index is 0.0985. The van der Waals surface area contributed by atoms with Crippen molar-refractivity contribution in [2.24, 2.45) is 0 Å². The molecule has 0 spiro atoms. The van der Waals surface area contributed by atoms with Crippen molar-refractivity contribution in [1.29, 1.82) is 0 Å². The average Bonchev–Trinajstić information content (AvgIpc) is 2.60. The van der Waals surface area contributed by atoms with Crippen LogP contribution in [0.2, 0.25) is 0 Å². The lowest BCUT2D eigenvalue weighted by Crippen LogP contribution is -2.18. The summed E-state index contributed by atoms with van der Waals surface area (Å²) in [6, 6.07) is 4.41. The zero-order valence-electron chi connectivity index (χ0n) is 7.77. The molecule has 0 saturated heterocycles. The Hall–Kier alpha value is -1.18. The van der Waals surface area contributed by atoms with Gasteiger partial charge in [0.15, 0.2) is 0 Å². The topological polar surface area (TPSA) is 79.0 Å². The number of aromatic nitrogens is 1. The van der Waals surface area contributed by atoms with E-state index in [0.29, 0.717) is 10.9 Å². The fraction of sp³-hybridized carbons (Fsp3) is 0.125. The molecule has 7 heteroatoms. The van der Waals surface area contributed by atoms with Crippen LogP contribution in [0.4, 0.5) is 0 Å². The summed E-state index contributed by atoms with van der Waals surface area (Å²) in [5.41, 5.74) is 0.653. The van der Waals surface area contributed by atoms with Crippen molar-refractivity contribution >= 4 is 32.5 Å².